The van der Waals surface area contributed by atoms with Crippen LogP contribution in [0, 0.1) is 18.6 Å². The molecule has 1 saturated heterocycles. The number of likely N-dealkylation sites (tertiary alicyclic amines) is 1. The summed E-state index contributed by atoms with van der Waals surface area (Å²) in [4.78, 5) is 39.8. The van der Waals surface area contributed by atoms with E-state index in [4.69, 9.17) is 5.73 Å². The van der Waals surface area contributed by atoms with Gasteiger partial charge >= 0.3 is 11.9 Å². The number of nitrogens with zero attached hydrogens (tertiary/aromatic N) is 1. The largest absolute Gasteiger partial charge is 0.421 e. The number of imide groups is 1. The van der Waals surface area contributed by atoms with E-state index in [2.05, 4.69) is 23.6 Å². The van der Waals surface area contributed by atoms with Crippen molar-refractivity contribution in [3.8, 4) is 0 Å². The van der Waals surface area contributed by atoms with Crippen molar-refractivity contribution in [3.05, 3.63) is 106 Å². The van der Waals surface area contributed by atoms with Gasteiger partial charge in [0.1, 0.15) is 17.7 Å². The first kappa shape index (κ1) is 32.9. The van der Waals surface area contributed by atoms with Gasteiger partial charge in [0.2, 0.25) is 0 Å². The molecule has 4 rings (SSSR count). The van der Waals surface area contributed by atoms with Gasteiger partial charge in [-0.1, -0.05) is 31.2 Å². The molecular weight excluding hydrogens is 566 g/mol. The van der Waals surface area contributed by atoms with Crippen LogP contribution in [0.2, 0.25) is 0 Å². The number of aryl methyl sites for hydroxylation is 2. The maximum absolute atomic E-state index is 14.0. The lowest BCUT2D eigenvalue weighted by Gasteiger charge is -2.31. The molecule has 4 amide bonds. The van der Waals surface area contributed by atoms with E-state index in [1.54, 1.807) is 19.1 Å². The Labute approximate surface area is 256 Å². The molecule has 1 unspecified atom stereocenters. The molecule has 1 fully saturated rings. The predicted octanol–water partition coefficient (Wildman–Crippen LogP) is 4.55. The van der Waals surface area contributed by atoms with Gasteiger partial charge in [0.05, 0.1) is 24.3 Å². The van der Waals surface area contributed by atoms with Gasteiger partial charge in [0.15, 0.2) is 0 Å². The summed E-state index contributed by atoms with van der Waals surface area (Å²) in [6, 6.07) is 13.8. The van der Waals surface area contributed by atoms with Gasteiger partial charge in [0, 0.05) is 37.6 Å². The molecule has 44 heavy (non-hydrogen) atoms. The van der Waals surface area contributed by atoms with Gasteiger partial charge in [0.25, 0.3) is 5.91 Å². The standard InChI is InChI=1S/C34H40F2N4O4/c1-4-23-8-5-9-24(13-23)19-38-20-31(41)30(16-25-14-28(35)18-29(36)15-25)39-32(42)26-11-21(2)12-27(17-26)33(43)40(34(37)44)10-6-7-22(40)3/h5,8-9,11-15,17-18,22,30-31,38,41H,4,6-7,10,16,19-20H2,1-3H3,(H2-,37,39,42,44)/p+1/t22-,30+,31-,40?/m1/s1. The van der Waals surface area contributed by atoms with E-state index in [0.717, 1.165) is 30.2 Å². The summed E-state index contributed by atoms with van der Waals surface area (Å²) in [6.45, 7) is 6.47. The van der Waals surface area contributed by atoms with Gasteiger partial charge < -0.3 is 21.5 Å². The summed E-state index contributed by atoms with van der Waals surface area (Å²) in [5.74, 6) is -2.58. The van der Waals surface area contributed by atoms with Crippen LogP contribution in [0.25, 0.3) is 0 Å². The number of carbonyl (C=O) groups excluding carboxylic acids is 3. The van der Waals surface area contributed by atoms with E-state index >= 15 is 0 Å². The van der Waals surface area contributed by atoms with Gasteiger partial charge in [-0.3, -0.25) is 4.79 Å². The van der Waals surface area contributed by atoms with Crippen molar-refractivity contribution in [2.75, 3.05) is 13.1 Å². The molecule has 4 atom stereocenters. The van der Waals surface area contributed by atoms with Crippen molar-refractivity contribution in [1.29, 1.82) is 0 Å². The number of aliphatic hydroxyl groups excluding tert-OH is 1. The van der Waals surface area contributed by atoms with Gasteiger partial charge in [-0.2, -0.15) is 4.48 Å². The maximum atomic E-state index is 14.0. The van der Waals surface area contributed by atoms with Crippen LogP contribution < -0.4 is 16.4 Å². The number of aliphatic hydroxyl groups is 1. The van der Waals surface area contributed by atoms with E-state index in [1.807, 2.05) is 25.1 Å². The fourth-order valence-corrected chi connectivity index (χ4v) is 6.06. The third-order valence-electron chi connectivity index (χ3n) is 8.47. The van der Waals surface area contributed by atoms with Crippen LogP contribution in [0.1, 0.15) is 69.7 Å². The molecule has 0 radical (unpaired) electrons. The van der Waals surface area contributed by atoms with Crippen molar-refractivity contribution in [1.82, 2.24) is 10.6 Å². The Hall–Kier alpha value is -3.99. The average molecular weight is 608 g/mol. The Bertz CT molecular complexity index is 1510. The normalized spacial score (nSPS) is 19.4. The lowest BCUT2D eigenvalue weighted by Crippen LogP contribution is -2.61. The number of benzene rings is 3. The van der Waals surface area contributed by atoms with Crippen LogP contribution in [0.15, 0.2) is 60.7 Å². The summed E-state index contributed by atoms with van der Waals surface area (Å²) >= 11 is 0. The van der Waals surface area contributed by atoms with Crippen LogP contribution in [-0.4, -0.2) is 58.7 Å². The molecule has 0 bridgehead atoms. The number of rotatable bonds is 11. The fourth-order valence-electron chi connectivity index (χ4n) is 6.06. The van der Waals surface area contributed by atoms with Gasteiger partial charge in [-0.15, -0.1) is 0 Å². The predicted molar refractivity (Wildman–Crippen MR) is 164 cm³/mol. The monoisotopic (exact) mass is 607 g/mol. The molecule has 0 spiro atoms. The maximum Gasteiger partial charge on any atom is 0.421 e. The number of amides is 4. The van der Waals surface area contributed by atoms with Crippen LogP contribution >= 0.6 is 0 Å². The average Bonchev–Trinajstić information content (AvgIpc) is 3.37. The minimum atomic E-state index is -1.13. The molecule has 0 aromatic heterocycles. The highest BCUT2D eigenvalue weighted by Crippen LogP contribution is 2.30. The first-order valence-corrected chi connectivity index (χ1v) is 15.0. The molecular formula is C34H41F2N4O4+. The van der Waals surface area contributed by atoms with Crippen molar-refractivity contribution in [2.45, 2.75) is 71.2 Å². The van der Waals surface area contributed by atoms with Gasteiger partial charge in [-0.25, -0.2) is 18.4 Å². The highest BCUT2D eigenvalue weighted by molar-refractivity contribution is 6.00. The van der Waals surface area contributed by atoms with Crippen LogP contribution in [0.4, 0.5) is 13.6 Å². The number of hydrogen-bond donors (Lipinski definition) is 4. The fraction of sp³-hybridized carbons (Fsp3) is 0.382. The third-order valence-corrected chi connectivity index (χ3v) is 8.47. The lowest BCUT2D eigenvalue weighted by atomic mass is 9.99. The summed E-state index contributed by atoms with van der Waals surface area (Å²) in [6.07, 6.45) is 1.06. The Balaban J connectivity index is 1.56. The number of nitrogens with one attached hydrogen (secondary N) is 2. The van der Waals surface area contributed by atoms with E-state index in [-0.39, 0.29) is 35.7 Å². The van der Waals surface area contributed by atoms with E-state index in [0.29, 0.717) is 31.5 Å². The summed E-state index contributed by atoms with van der Waals surface area (Å²) in [5, 5.41) is 17.2. The van der Waals surface area contributed by atoms with Crippen molar-refractivity contribution >= 4 is 17.8 Å². The highest BCUT2D eigenvalue weighted by Gasteiger charge is 2.51. The number of urea groups is 1. The molecule has 1 aliphatic rings. The second-order valence-corrected chi connectivity index (χ2v) is 11.7. The minimum Gasteiger partial charge on any atom is -0.390 e. The van der Waals surface area contributed by atoms with Crippen LogP contribution in [-0.2, 0) is 19.4 Å². The molecule has 3 aromatic carbocycles. The number of quaternary nitrogens is 1. The van der Waals surface area contributed by atoms with Crippen molar-refractivity contribution < 1.29 is 32.8 Å². The molecule has 8 nitrogen and oxygen atoms in total. The Morgan fingerprint density at radius 3 is 2.32 bits per heavy atom. The Morgan fingerprint density at radius 1 is 1.00 bits per heavy atom. The topological polar surface area (TPSA) is 122 Å². The molecule has 5 N–H and O–H groups in total. The second-order valence-electron chi connectivity index (χ2n) is 11.7. The number of primary amides is 1. The molecule has 234 valence electrons. The SMILES string of the molecule is CCc1cccc(CNC[C@@H](O)[C@H](Cc2cc(F)cc(F)c2)NC(=O)c2cc(C)cc(C(=O)[N+]3(C(N)=O)CCC[C@H]3C)c2)c1. The molecule has 3 aromatic rings. The van der Waals surface area contributed by atoms with Crippen molar-refractivity contribution in [2.24, 2.45) is 5.73 Å². The molecule has 0 saturated carbocycles. The Morgan fingerprint density at radius 2 is 1.68 bits per heavy atom. The number of nitrogens with two attached hydrogens (primary N) is 1. The smallest absolute Gasteiger partial charge is 0.390 e. The molecule has 1 aliphatic heterocycles. The number of halogens is 2. The lowest BCUT2D eigenvalue weighted by molar-refractivity contribution is -0.776. The van der Waals surface area contributed by atoms with Crippen LogP contribution in [0.3, 0.4) is 0 Å². The second kappa shape index (κ2) is 14.2. The van der Waals surface area contributed by atoms with Crippen molar-refractivity contribution in [3.63, 3.8) is 0 Å². The minimum absolute atomic E-state index is 0.0502. The quantitative estimate of drug-likeness (QED) is 0.239. The third kappa shape index (κ3) is 7.56. The first-order valence-electron chi connectivity index (χ1n) is 15.0. The zero-order valence-electron chi connectivity index (χ0n) is 25.4. The zero-order valence-corrected chi connectivity index (χ0v) is 25.4. The van der Waals surface area contributed by atoms with Crippen LogP contribution in [0.5, 0.6) is 0 Å². The summed E-state index contributed by atoms with van der Waals surface area (Å²) in [7, 11) is 0. The summed E-state index contributed by atoms with van der Waals surface area (Å²) in [5.41, 5.74) is 9.16. The van der Waals surface area contributed by atoms with E-state index in [9.17, 15) is 28.3 Å². The molecule has 1 heterocycles. The molecule has 0 aliphatic carbocycles. The molecule has 10 heteroatoms. The highest BCUT2D eigenvalue weighted by atomic mass is 19.1. The van der Waals surface area contributed by atoms with E-state index < -0.39 is 46.1 Å². The van der Waals surface area contributed by atoms with E-state index in [1.165, 1.54) is 11.6 Å². The first-order chi connectivity index (χ1) is 20.9. The number of hydrogen-bond acceptors (Lipinski definition) is 5. The van der Waals surface area contributed by atoms with Gasteiger partial charge in [-0.05, 0) is 79.3 Å². The zero-order chi connectivity index (χ0) is 32.0. The summed E-state index contributed by atoms with van der Waals surface area (Å²) < 4.78 is 27.5. The number of carbonyl (C=O) groups is 3. The Kier molecular flexibility index (Phi) is 10.6.